The third kappa shape index (κ3) is 2.55. The molecule has 6 nitrogen and oxygen atoms in total. The van der Waals surface area contributed by atoms with Crippen LogP contribution in [0.5, 0.6) is 0 Å². The van der Waals surface area contributed by atoms with Gasteiger partial charge in [-0.05, 0) is 36.6 Å². The molecule has 6 heteroatoms. The Labute approximate surface area is 127 Å². The average Bonchev–Trinajstić information content (AvgIpc) is 3.28. The van der Waals surface area contributed by atoms with Crippen LogP contribution in [0.1, 0.15) is 30.1 Å². The summed E-state index contributed by atoms with van der Waals surface area (Å²) in [4.78, 5) is 20.8. The smallest absolute Gasteiger partial charge is 0.228 e. The maximum absolute atomic E-state index is 12.2. The van der Waals surface area contributed by atoms with Crippen molar-refractivity contribution in [3.05, 3.63) is 54.2 Å². The Hall–Kier alpha value is -2.76. The van der Waals surface area contributed by atoms with Gasteiger partial charge in [0.05, 0.1) is 12.1 Å². The number of rotatable bonds is 4. The fraction of sp³-hybridized carbons (Fsp3) is 0.250. The molecule has 110 valence electrons. The lowest BCUT2D eigenvalue weighted by Crippen LogP contribution is -2.15. The fourth-order valence-corrected chi connectivity index (χ4v) is 2.42. The van der Waals surface area contributed by atoms with E-state index in [4.69, 9.17) is 0 Å². The first kappa shape index (κ1) is 12.9. The molecule has 4 rings (SSSR count). The summed E-state index contributed by atoms with van der Waals surface area (Å²) in [5, 5.41) is 7.39. The van der Waals surface area contributed by atoms with Crippen LogP contribution in [0.15, 0.2) is 42.9 Å². The van der Waals surface area contributed by atoms with Crippen molar-refractivity contribution >= 4 is 17.2 Å². The minimum atomic E-state index is -0.0860. The SMILES string of the molecule is O=C(Cc1cccnc1)Nc1cccn2nc(C3CC3)nc12. The number of anilines is 1. The van der Waals surface area contributed by atoms with Crippen molar-refractivity contribution in [2.24, 2.45) is 0 Å². The first-order valence-electron chi connectivity index (χ1n) is 7.33. The minimum absolute atomic E-state index is 0.0860. The predicted molar refractivity (Wildman–Crippen MR) is 81.5 cm³/mol. The number of nitrogens with zero attached hydrogens (tertiary/aromatic N) is 4. The van der Waals surface area contributed by atoms with Gasteiger partial charge in [0.1, 0.15) is 0 Å². The summed E-state index contributed by atoms with van der Waals surface area (Å²) in [6.45, 7) is 0. The van der Waals surface area contributed by atoms with Crippen molar-refractivity contribution < 1.29 is 4.79 Å². The molecule has 0 aromatic carbocycles. The summed E-state index contributed by atoms with van der Waals surface area (Å²) in [6.07, 6.45) is 7.84. The van der Waals surface area contributed by atoms with E-state index in [9.17, 15) is 4.79 Å². The van der Waals surface area contributed by atoms with Gasteiger partial charge in [-0.15, -0.1) is 0 Å². The van der Waals surface area contributed by atoms with Gasteiger partial charge in [-0.3, -0.25) is 9.78 Å². The highest BCUT2D eigenvalue weighted by Gasteiger charge is 2.28. The van der Waals surface area contributed by atoms with E-state index in [0.717, 1.165) is 24.2 Å². The lowest BCUT2D eigenvalue weighted by Gasteiger charge is -2.05. The molecule has 0 bridgehead atoms. The number of hydrogen-bond donors (Lipinski definition) is 1. The lowest BCUT2D eigenvalue weighted by atomic mass is 10.2. The molecular weight excluding hydrogens is 278 g/mol. The van der Waals surface area contributed by atoms with E-state index >= 15 is 0 Å². The van der Waals surface area contributed by atoms with Crippen molar-refractivity contribution in [2.75, 3.05) is 5.32 Å². The second-order valence-electron chi connectivity index (χ2n) is 5.52. The van der Waals surface area contributed by atoms with Gasteiger partial charge in [-0.1, -0.05) is 6.07 Å². The summed E-state index contributed by atoms with van der Waals surface area (Å²) in [6, 6.07) is 7.42. The lowest BCUT2D eigenvalue weighted by molar-refractivity contribution is -0.115. The van der Waals surface area contributed by atoms with E-state index in [1.54, 1.807) is 16.9 Å². The van der Waals surface area contributed by atoms with Crippen LogP contribution in [0, 0.1) is 0 Å². The monoisotopic (exact) mass is 293 g/mol. The van der Waals surface area contributed by atoms with Gasteiger partial charge in [0.25, 0.3) is 0 Å². The van der Waals surface area contributed by atoms with Crippen LogP contribution >= 0.6 is 0 Å². The molecule has 1 N–H and O–H groups in total. The minimum Gasteiger partial charge on any atom is -0.323 e. The number of fused-ring (bicyclic) bond motifs is 1. The summed E-state index contributed by atoms with van der Waals surface area (Å²) in [5.41, 5.74) is 2.27. The Balaban J connectivity index is 1.57. The first-order chi connectivity index (χ1) is 10.8. The van der Waals surface area contributed by atoms with Crippen LogP contribution in [0.3, 0.4) is 0 Å². The molecule has 3 heterocycles. The van der Waals surface area contributed by atoms with Crippen molar-refractivity contribution in [3.8, 4) is 0 Å². The number of carbonyl (C=O) groups is 1. The van der Waals surface area contributed by atoms with Gasteiger partial charge in [0, 0.05) is 24.5 Å². The van der Waals surface area contributed by atoms with Crippen molar-refractivity contribution in [3.63, 3.8) is 0 Å². The third-order valence-corrected chi connectivity index (χ3v) is 3.68. The number of carbonyl (C=O) groups excluding carboxylic acids is 1. The summed E-state index contributed by atoms with van der Waals surface area (Å²) < 4.78 is 1.73. The van der Waals surface area contributed by atoms with Crippen molar-refractivity contribution in [1.82, 2.24) is 19.6 Å². The summed E-state index contributed by atoms with van der Waals surface area (Å²) in [7, 11) is 0. The van der Waals surface area contributed by atoms with Crippen molar-refractivity contribution in [2.45, 2.75) is 25.2 Å². The molecule has 0 spiro atoms. The first-order valence-corrected chi connectivity index (χ1v) is 7.33. The molecule has 1 amide bonds. The largest absolute Gasteiger partial charge is 0.323 e. The summed E-state index contributed by atoms with van der Waals surface area (Å²) >= 11 is 0. The molecule has 1 aliphatic carbocycles. The maximum Gasteiger partial charge on any atom is 0.228 e. The zero-order chi connectivity index (χ0) is 14.9. The molecule has 0 unspecified atom stereocenters. The maximum atomic E-state index is 12.2. The highest BCUT2D eigenvalue weighted by atomic mass is 16.1. The normalized spacial score (nSPS) is 14.2. The van der Waals surface area contributed by atoms with Gasteiger partial charge in [-0.25, -0.2) is 9.50 Å². The molecule has 0 atom stereocenters. The highest BCUT2D eigenvalue weighted by Crippen LogP contribution is 2.38. The Kier molecular flexibility index (Phi) is 3.07. The average molecular weight is 293 g/mol. The number of hydrogen-bond acceptors (Lipinski definition) is 4. The zero-order valence-corrected chi connectivity index (χ0v) is 11.9. The standard InChI is InChI=1S/C16H15N5O/c22-14(9-11-3-1-7-17-10-11)18-13-4-2-8-21-16(13)19-15(20-21)12-5-6-12/h1-4,7-8,10,12H,5-6,9H2,(H,18,22). The van der Waals surface area contributed by atoms with Crippen LogP contribution in [-0.4, -0.2) is 25.5 Å². The van der Waals surface area contributed by atoms with Crippen LogP contribution in [-0.2, 0) is 11.2 Å². The number of nitrogens with one attached hydrogen (secondary N) is 1. The Morgan fingerprint density at radius 3 is 3.00 bits per heavy atom. The van der Waals surface area contributed by atoms with E-state index in [0.29, 0.717) is 23.7 Å². The summed E-state index contributed by atoms with van der Waals surface area (Å²) in [5.74, 6) is 1.27. The van der Waals surface area contributed by atoms with Gasteiger partial charge in [-0.2, -0.15) is 5.10 Å². The third-order valence-electron chi connectivity index (χ3n) is 3.68. The van der Waals surface area contributed by atoms with Crippen molar-refractivity contribution in [1.29, 1.82) is 0 Å². The number of pyridine rings is 2. The van der Waals surface area contributed by atoms with Gasteiger partial charge in [0.15, 0.2) is 11.5 Å². The van der Waals surface area contributed by atoms with Gasteiger partial charge in [0.2, 0.25) is 5.91 Å². The van der Waals surface area contributed by atoms with E-state index in [2.05, 4.69) is 20.4 Å². The van der Waals surface area contributed by atoms with Crippen LogP contribution < -0.4 is 5.32 Å². The fourth-order valence-electron chi connectivity index (χ4n) is 2.42. The molecule has 0 radical (unpaired) electrons. The Bertz CT molecular complexity index is 823. The van der Waals surface area contributed by atoms with Gasteiger partial charge < -0.3 is 5.32 Å². The zero-order valence-electron chi connectivity index (χ0n) is 11.9. The second-order valence-corrected chi connectivity index (χ2v) is 5.52. The quantitative estimate of drug-likeness (QED) is 0.800. The molecule has 1 aliphatic rings. The Morgan fingerprint density at radius 1 is 1.32 bits per heavy atom. The molecule has 1 saturated carbocycles. The molecular formula is C16H15N5O. The van der Waals surface area contributed by atoms with Crippen LogP contribution in [0.25, 0.3) is 5.65 Å². The van der Waals surface area contributed by atoms with E-state index in [1.807, 2.05) is 30.5 Å². The Morgan fingerprint density at radius 2 is 2.23 bits per heavy atom. The van der Waals surface area contributed by atoms with E-state index in [-0.39, 0.29) is 5.91 Å². The molecule has 1 fully saturated rings. The molecule has 3 aromatic heterocycles. The predicted octanol–water partition coefficient (Wildman–Crippen LogP) is 2.18. The van der Waals surface area contributed by atoms with Crippen LogP contribution in [0.2, 0.25) is 0 Å². The topological polar surface area (TPSA) is 72.2 Å². The van der Waals surface area contributed by atoms with E-state index < -0.39 is 0 Å². The molecule has 0 saturated heterocycles. The number of amides is 1. The molecule has 0 aliphatic heterocycles. The molecule has 22 heavy (non-hydrogen) atoms. The second kappa shape index (κ2) is 5.22. The van der Waals surface area contributed by atoms with Crippen LogP contribution in [0.4, 0.5) is 5.69 Å². The van der Waals surface area contributed by atoms with Gasteiger partial charge >= 0.3 is 0 Å². The molecule has 3 aromatic rings. The number of aromatic nitrogens is 4. The highest BCUT2D eigenvalue weighted by molar-refractivity contribution is 5.95. The van der Waals surface area contributed by atoms with E-state index in [1.165, 1.54) is 0 Å².